The summed E-state index contributed by atoms with van der Waals surface area (Å²) in [5.74, 6) is 0.141. The average Bonchev–Trinajstić information content (AvgIpc) is 2.37. The lowest BCUT2D eigenvalue weighted by atomic mass is 9.74. The van der Waals surface area contributed by atoms with Crippen LogP contribution in [0.3, 0.4) is 0 Å². The fourth-order valence-corrected chi connectivity index (χ4v) is 2.59. The van der Waals surface area contributed by atoms with Gasteiger partial charge in [-0.15, -0.1) is 0 Å². The van der Waals surface area contributed by atoms with Gasteiger partial charge in [-0.3, -0.25) is 4.79 Å². The number of aliphatic hydroxyl groups excluding tert-OH is 1. The van der Waals surface area contributed by atoms with Gasteiger partial charge in [0, 0.05) is 0 Å². The molecule has 0 radical (unpaired) electrons. The summed E-state index contributed by atoms with van der Waals surface area (Å²) in [6, 6.07) is -0.0916. The van der Waals surface area contributed by atoms with Gasteiger partial charge in [-0.1, -0.05) is 20.3 Å². The Balaban J connectivity index is 2.65. The molecule has 1 fully saturated rings. The Morgan fingerprint density at radius 2 is 2.06 bits per heavy atom. The molecule has 0 unspecified atom stereocenters. The summed E-state index contributed by atoms with van der Waals surface area (Å²) in [6.07, 6.45) is 4.58. The molecule has 17 heavy (non-hydrogen) atoms. The zero-order valence-corrected chi connectivity index (χ0v) is 11.1. The van der Waals surface area contributed by atoms with Gasteiger partial charge in [0.1, 0.15) is 0 Å². The van der Waals surface area contributed by atoms with Crippen molar-refractivity contribution in [1.82, 2.24) is 10.6 Å². The SMILES string of the molecule is CCCC1(C(=O)N[C@H](CC)CO)CCNCC1. The molecule has 0 aliphatic carbocycles. The third-order valence-corrected chi connectivity index (χ3v) is 3.82. The van der Waals surface area contributed by atoms with E-state index in [1.807, 2.05) is 6.92 Å². The highest BCUT2D eigenvalue weighted by Crippen LogP contribution is 2.34. The maximum Gasteiger partial charge on any atom is 0.226 e. The summed E-state index contributed by atoms with van der Waals surface area (Å²) in [5, 5.41) is 15.5. The Morgan fingerprint density at radius 3 is 2.53 bits per heavy atom. The van der Waals surface area contributed by atoms with E-state index >= 15 is 0 Å². The van der Waals surface area contributed by atoms with Gasteiger partial charge in [0.15, 0.2) is 0 Å². The number of rotatable bonds is 6. The fourth-order valence-electron chi connectivity index (χ4n) is 2.59. The van der Waals surface area contributed by atoms with E-state index in [9.17, 15) is 4.79 Å². The third kappa shape index (κ3) is 3.68. The number of carbonyl (C=O) groups is 1. The molecule has 1 saturated heterocycles. The minimum atomic E-state index is -0.206. The molecule has 1 aliphatic rings. The molecule has 0 saturated carbocycles. The smallest absolute Gasteiger partial charge is 0.226 e. The quantitative estimate of drug-likeness (QED) is 0.652. The van der Waals surface area contributed by atoms with E-state index in [2.05, 4.69) is 17.6 Å². The second-order valence-electron chi connectivity index (χ2n) is 5.04. The fraction of sp³-hybridized carbons (Fsp3) is 0.923. The summed E-state index contributed by atoms with van der Waals surface area (Å²) in [5.41, 5.74) is -0.206. The van der Waals surface area contributed by atoms with E-state index < -0.39 is 0 Å². The van der Waals surface area contributed by atoms with Crippen LogP contribution in [0, 0.1) is 5.41 Å². The van der Waals surface area contributed by atoms with Gasteiger partial charge in [-0.2, -0.15) is 0 Å². The number of hydrogen-bond acceptors (Lipinski definition) is 3. The molecule has 4 heteroatoms. The molecule has 1 heterocycles. The second kappa shape index (κ2) is 6.97. The molecule has 3 N–H and O–H groups in total. The molecule has 0 spiro atoms. The summed E-state index contributed by atoms with van der Waals surface area (Å²) < 4.78 is 0. The molecule has 4 nitrogen and oxygen atoms in total. The number of amides is 1. The highest BCUT2D eigenvalue weighted by atomic mass is 16.3. The van der Waals surface area contributed by atoms with Gasteiger partial charge in [0.05, 0.1) is 18.1 Å². The van der Waals surface area contributed by atoms with Crippen molar-refractivity contribution in [2.75, 3.05) is 19.7 Å². The van der Waals surface area contributed by atoms with Crippen molar-refractivity contribution in [2.45, 2.75) is 52.0 Å². The molecular weight excluding hydrogens is 216 g/mol. The summed E-state index contributed by atoms with van der Waals surface area (Å²) >= 11 is 0. The van der Waals surface area contributed by atoms with Crippen LogP contribution in [0.25, 0.3) is 0 Å². The van der Waals surface area contributed by atoms with Crippen molar-refractivity contribution >= 4 is 5.91 Å². The zero-order chi connectivity index (χ0) is 12.7. The summed E-state index contributed by atoms with van der Waals surface area (Å²) in [7, 11) is 0. The van der Waals surface area contributed by atoms with Gasteiger partial charge >= 0.3 is 0 Å². The largest absolute Gasteiger partial charge is 0.394 e. The van der Waals surface area contributed by atoms with Crippen LogP contribution in [0.5, 0.6) is 0 Å². The molecule has 1 atom stereocenters. The molecule has 0 aromatic heterocycles. The lowest BCUT2D eigenvalue weighted by Crippen LogP contribution is -2.50. The Hall–Kier alpha value is -0.610. The molecule has 1 aliphatic heterocycles. The van der Waals surface area contributed by atoms with Crippen LogP contribution in [0.1, 0.15) is 46.0 Å². The van der Waals surface area contributed by atoms with Gasteiger partial charge in [0.2, 0.25) is 5.91 Å². The van der Waals surface area contributed by atoms with Crippen molar-refractivity contribution in [2.24, 2.45) is 5.41 Å². The topological polar surface area (TPSA) is 61.4 Å². The first-order valence-electron chi connectivity index (χ1n) is 6.81. The second-order valence-corrected chi connectivity index (χ2v) is 5.04. The van der Waals surface area contributed by atoms with Crippen molar-refractivity contribution in [3.8, 4) is 0 Å². The monoisotopic (exact) mass is 242 g/mol. The predicted octanol–water partition coefficient (Wildman–Crippen LogP) is 1.04. The first-order valence-corrected chi connectivity index (χ1v) is 6.81. The van der Waals surface area contributed by atoms with Crippen LogP contribution >= 0.6 is 0 Å². The summed E-state index contributed by atoms with van der Waals surface area (Å²) in [4.78, 5) is 12.4. The van der Waals surface area contributed by atoms with Gasteiger partial charge in [0.25, 0.3) is 0 Å². The van der Waals surface area contributed by atoms with E-state index in [1.165, 1.54) is 0 Å². The van der Waals surface area contributed by atoms with Crippen LogP contribution in [-0.4, -0.2) is 36.8 Å². The number of piperidine rings is 1. The molecular formula is C13H26N2O2. The van der Waals surface area contributed by atoms with Crippen LogP contribution in [0.4, 0.5) is 0 Å². The zero-order valence-electron chi connectivity index (χ0n) is 11.1. The Bertz CT molecular complexity index is 228. The lowest BCUT2D eigenvalue weighted by molar-refractivity contribution is -0.134. The maximum absolute atomic E-state index is 12.4. The highest BCUT2D eigenvalue weighted by molar-refractivity contribution is 5.83. The first-order chi connectivity index (χ1) is 8.18. The molecule has 0 bridgehead atoms. The standard InChI is InChI=1S/C13H26N2O2/c1-3-5-13(6-8-14-9-7-13)12(17)15-11(4-2)10-16/h11,14,16H,3-10H2,1-2H3,(H,15,17)/t11-/m1/s1. The highest BCUT2D eigenvalue weighted by Gasteiger charge is 2.38. The normalized spacial score (nSPS) is 20.9. The maximum atomic E-state index is 12.4. The Labute approximate surface area is 104 Å². The van der Waals surface area contributed by atoms with Crippen LogP contribution in [0.15, 0.2) is 0 Å². The Kier molecular flexibility index (Phi) is 5.92. The molecule has 0 aromatic carbocycles. The lowest BCUT2D eigenvalue weighted by Gasteiger charge is -2.37. The van der Waals surface area contributed by atoms with Crippen molar-refractivity contribution < 1.29 is 9.90 Å². The van der Waals surface area contributed by atoms with E-state index in [1.54, 1.807) is 0 Å². The third-order valence-electron chi connectivity index (χ3n) is 3.82. The number of hydrogen-bond donors (Lipinski definition) is 3. The molecule has 0 aromatic rings. The van der Waals surface area contributed by atoms with Crippen LogP contribution < -0.4 is 10.6 Å². The summed E-state index contributed by atoms with van der Waals surface area (Å²) in [6.45, 7) is 5.98. The van der Waals surface area contributed by atoms with Gasteiger partial charge < -0.3 is 15.7 Å². The first kappa shape index (κ1) is 14.5. The van der Waals surface area contributed by atoms with Crippen molar-refractivity contribution in [3.05, 3.63) is 0 Å². The number of nitrogens with one attached hydrogen (secondary N) is 2. The molecule has 100 valence electrons. The van der Waals surface area contributed by atoms with Crippen LogP contribution in [0.2, 0.25) is 0 Å². The molecule has 1 rings (SSSR count). The van der Waals surface area contributed by atoms with Gasteiger partial charge in [-0.25, -0.2) is 0 Å². The van der Waals surface area contributed by atoms with Crippen LogP contribution in [-0.2, 0) is 4.79 Å². The number of aliphatic hydroxyl groups is 1. The van der Waals surface area contributed by atoms with E-state index in [0.29, 0.717) is 0 Å². The predicted molar refractivity (Wildman–Crippen MR) is 68.8 cm³/mol. The molecule has 1 amide bonds. The minimum absolute atomic E-state index is 0.0305. The van der Waals surface area contributed by atoms with E-state index in [4.69, 9.17) is 5.11 Å². The Morgan fingerprint density at radius 1 is 1.41 bits per heavy atom. The van der Waals surface area contributed by atoms with Crippen molar-refractivity contribution in [1.29, 1.82) is 0 Å². The van der Waals surface area contributed by atoms with Crippen molar-refractivity contribution in [3.63, 3.8) is 0 Å². The average molecular weight is 242 g/mol. The van der Waals surface area contributed by atoms with Gasteiger partial charge in [-0.05, 0) is 38.8 Å². The number of carbonyl (C=O) groups excluding carboxylic acids is 1. The minimum Gasteiger partial charge on any atom is -0.394 e. The van der Waals surface area contributed by atoms with E-state index in [-0.39, 0.29) is 24.0 Å². The van der Waals surface area contributed by atoms with E-state index in [0.717, 1.165) is 45.2 Å².